The zero-order chi connectivity index (χ0) is 25.9. The van der Waals surface area contributed by atoms with Crippen molar-refractivity contribution in [3.05, 3.63) is 46.3 Å². The lowest BCUT2D eigenvalue weighted by atomic mass is 10.0. The Morgan fingerprint density at radius 3 is 2.73 bits per heavy atom. The van der Waals surface area contributed by atoms with Gasteiger partial charge in [0.25, 0.3) is 11.8 Å². The van der Waals surface area contributed by atoms with Crippen LogP contribution in [0.2, 0.25) is 0 Å². The fourth-order valence-electron chi connectivity index (χ4n) is 5.05. The molecule has 37 heavy (non-hydrogen) atoms. The molecule has 2 aromatic rings. The number of H-pyrrole nitrogens is 1. The summed E-state index contributed by atoms with van der Waals surface area (Å²) in [6, 6.07) is 5.57. The molecular formula is C27H33N5O5. The predicted octanol–water partition coefficient (Wildman–Crippen LogP) is 2.30. The molecule has 1 aromatic heterocycles. The zero-order valence-corrected chi connectivity index (χ0v) is 21.2. The lowest BCUT2D eigenvalue weighted by Crippen LogP contribution is -2.41. The van der Waals surface area contributed by atoms with E-state index in [9.17, 15) is 14.4 Å². The normalized spacial score (nSPS) is 20.6. The number of nitrogens with zero attached hydrogens (tertiary/aromatic N) is 1. The van der Waals surface area contributed by atoms with Crippen LogP contribution in [0.4, 0.5) is 11.4 Å². The van der Waals surface area contributed by atoms with Crippen molar-refractivity contribution in [1.29, 1.82) is 0 Å². The number of aromatic amines is 1. The number of nitrogens with one attached hydrogen (secondary N) is 4. The van der Waals surface area contributed by atoms with Crippen LogP contribution in [0.3, 0.4) is 0 Å². The van der Waals surface area contributed by atoms with Crippen LogP contribution in [-0.4, -0.2) is 79.7 Å². The predicted molar refractivity (Wildman–Crippen MR) is 140 cm³/mol. The number of aromatic nitrogens is 1. The molecule has 3 amide bonds. The zero-order valence-electron chi connectivity index (χ0n) is 21.2. The van der Waals surface area contributed by atoms with Crippen LogP contribution >= 0.6 is 0 Å². The van der Waals surface area contributed by atoms with Gasteiger partial charge < -0.3 is 35.3 Å². The van der Waals surface area contributed by atoms with Crippen LogP contribution < -0.4 is 16.0 Å². The SMILES string of the molecule is Cc1[nH]c(C=C2C(=O)Nc3ccc(NC(=O)CCC4COCCN4)cc32)c(C)c1C(=O)N1CCOCC1. The number of anilines is 2. The van der Waals surface area contributed by atoms with Crippen LogP contribution in [0, 0.1) is 13.8 Å². The van der Waals surface area contributed by atoms with Gasteiger partial charge in [-0.25, -0.2) is 0 Å². The number of amides is 3. The third-order valence-electron chi connectivity index (χ3n) is 7.08. The maximum Gasteiger partial charge on any atom is 0.256 e. The molecule has 1 aromatic carbocycles. The highest BCUT2D eigenvalue weighted by Crippen LogP contribution is 2.36. The molecule has 4 N–H and O–H groups in total. The number of aryl methyl sites for hydroxylation is 1. The van der Waals surface area contributed by atoms with Crippen LogP contribution in [0.25, 0.3) is 11.6 Å². The van der Waals surface area contributed by atoms with Crippen LogP contribution in [0.1, 0.15) is 45.7 Å². The van der Waals surface area contributed by atoms with Crippen LogP contribution in [0.5, 0.6) is 0 Å². The average Bonchev–Trinajstić information content (AvgIpc) is 3.37. The van der Waals surface area contributed by atoms with E-state index >= 15 is 0 Å². The topological polar surface area (TPSA) is 125 Å². The molecule has 196 valence electrons. The van der Waals surface area contributed by atoms with Gasteiger partial charge in [-0.1, -0.05) is 0 Å². The Bertz CT molecular complexity index is 1240. The molecule has 3 aliphatic rings. The van der Waals surface area contributed by atoms with Crippen molar-refractivity contribution in [2.75, 3.05) is 56.7 Å². The smallest absolute Gasteiger partial charge is 0.256 e. The lowest BCUT2D eigenvalue weighted by Gasteiger charge is -2.27. The first kappa shape index (κ1) is 25.2. The molecule has 2 saturated heterocycles. The maximum atomic E-state index is 13.2. The van der Waals surface area contributed by atoms with Crippen molar-refractivity contribution in [3.8, 4) is 0 Å². The number of hydrogen-bond acceptors (Lipinski definition) is 6. The van der Waals surface area contributed by atoms with Gasteiger partial charge in [0.05, 0.1) is 37.6 Å². The molecule has 10 nitrogen and oxygen atoms in total. The van der Waals surface area contributed by atoms with Gasteiger partial charge in [-0.05, 0) is 50.1 Å². The summed E-state index contributed by atoms with van der Waals surface area (Å²) in [7, 11) is 0. The van der Waals surface area contributed by atoms with Gasteiger partial charge in [-0.2, -0.15) is 0 Å². The first-order valence-electron chi connectivity index (χ1n) is 12.8. The molecule has 10 heteroatoms. The Kier molecular flexibility index (Phi) is 7.40. The Balaban J connectivity index is 1.33. The second-order valence-electron chi connectivity index (χ2n) is 9.65. The Morgan fingerprint density at radius 2 is 1.97 bits per heavy atom. The molecular weight excluding hydrogens is 474 g/mol. The van der Waals surface area contributed by atoms with Gasteiger partial charge in [0.15, 0.2) is 0 Å². The monoisotopic (exact) mass is 507 g/mol. The van der Waals surface area contributed by atoms with E-state index in [0.29, 0.717) is 86.1 Å². The highest BCUT2D eigenvalue weighted by Gasteiger charge is 2.28. The highest BCUT2D eigenvalue weighted by molar-refractivity contribution is 6.35. The molecule has 3 aliphatic heterocycles. The quantitative estimate of drug-likeness (QED) is 0.445. The van der Waals surface area contributed by atoms with Gasteiger partial charge >= 0.3 is 0 Å². The molecule has 0 bridgehead atoms. The number of morpholine rings is 2. The van der Waals surface area contributed by atoms with Gasteiger partial charge in [-0.3, -0.25) is 14.4 Å². The van der Waals surface area contributed by atoms with Crippen molar-refractivity contribution in [2.24, 2.45) is 0 Å². The van der Waals surface area contributed by atoms with Gasteiger partial charge in [0.2, 0.25) is 5.91 Å². The highest BCUT2D eigenvalue weighted by atomic mass is 16.5. The third-order valence-corrected chi connectivity index (χ3v) is 7.08. The van der Waals surface area contributed by atoms with Crippen molar-refractivity contribution >= 4 is 40.7 Å². The molecule has 0 aliphatic carbocycles. The molecule has 1 unspecified atom stereocenters. The van der Waals surface area contributed by atoms with E-state index in [1.165, 1.54) is 0 Å². The lowest BCUT2D eigenvalue weighted by molar-refractivity contribution is -0.116. The third kappa shape index (κ3) is 5.46. The van der Waals surface area contributed by atoms with Crippen LogP contribution in [-0.2, 0) is 19.1 Å². The number of hydrogen-bond donors (Lipinski definition) is 4. The summed E-state index contributed by atoms with van der Waals surface area (Å²) in [6.45, 7) is 8.08. The fourth-order valence-corrected chi connectivity index (χ4v) is 5.05. The summed E-state index contributed by atoms with van der Waals surface area (Å²) in [5.41, 5.74) is 5.40. The minimum Gasteiger partial charge on any atom is -0.379 e. The summed E-state index contributed by atoms with van der Waals surface area (Å²) >= 11 is 0. The number of ether oxygens (including phenoxy) is 2. The summed E-state index contributed by atoms with van der Waals surface area (Å²) in [6.07, 6.45) is 2.84. The minimum absolute atomic E-state index is 0.0320. The van der Waals surface area contributed by atoms with E-state index < -0.39 is 0 Å². The fraction of sp³-hybridized carbons (Fsp3) is 0.444. The number of rotatable bonds is 6. The van der Waals surface area contributed by atoms with E-state index in [1.54, 1.807) is 23.1 Å². The number of fused-ring (bicyclic) bond motifs is 1. The second kappa shape index (κ2) is 10.9. The van der Waals surface area contributed by atoms with E-state index in [1.807, 2.05) is 19.9 Å². The first-order valence-corrected chi connectivity index (χ1v) is 12.8. The number of carbonyl (C=O) groups excluding carboxylic acids is 3. The van der Waals surface area contributed by atoms with E-state index in [2.05, 4.69) is 20.9 Å². The molecule has 0 saturated carbocycles. The maximum absolute atomic E-state index is 13.2. The Labute approximate surface area is 215 Å². The summed E-state index contributed by atoms with van der Waals surface area (Å²) < 4.78 is 10.8. The van der Waals surface area contributed by atoms with E-state index in [4.69, 9.17) is 9.47 Å². The van der Waals surface area contributed by atoms with Gasteiger partial charge in [0, 0.05) is 60.4 Å². The van der Waals surface area contributed by atoms with Gasteiger partial charge in [0.1, 0.15) is 0 Å². The number of benzene rings is 1. The summed E-state index contributed by atoms with van der Waals surface area (Å²) in [5, 5.41) is 9.18. The molecule has 5 rings (SSSR count). The largest absolute Gasteiger partial charge is 0.379 e. The molecule has 0 spiro atoms. The van der Waals surface area contributed by atoms with Crippen molar-refractivity contribution < 1.29 is 23.9 Å². The Hall–Kier alpha value is -3.47. The molecule has 4 heterocycles. The standard InChI is InChI=1S/C27H33N5O5/c1-16-23(29-17(2)25(16)27(35)32-8-11-36-12-9-32)14-21-20-13-18(3-5-22(20)31-26(21)34)30-24(33)6-4-19-15-37-10-7-28-19/h3,5,13-14,19,28-29H,4,6-12,15H2,1-2H3,(H,30,33)(H,31,34). The van der Waals surface area contributed by atoms with E-state index in [0.717, 1.165) is 17.8 Å². The van der Waals surface area contributed by atoms with Crippen molar-refractivity contribution in [2.45, 2.75) is 32.7 Å². The summed E-state index contributed by atoms with van der Waals surface area (Å²) in [5.74, 6) is -0.345. The van der Waals surface area contributed by atoms with Gasteiger partial charge in [-0.15, -0.1) is 0 Å². The van der Waals surface area contributed by atoms with Crippen molar-refractivity contribution in [1.82, 2.24) is 15.2 Å². The van der Waals surface area contributed by atoms with Crippen molar-refractivity contribution in [3.63, 3.8) is 0 Å². The number of carbonyl (C=O) groups is 3. The van der Waals surface area contributed by atoms with E-state index in [-0.39, 0.29) is 23.8 Å². The molecule has 0 radical (unpaired) electrons. The molecule has 2 fully saturated rings. The van der Waals surface area contributed by atoms with Crippen LogP contribution in [0.15, 0.2) is 18.2 Å². The second-order valence-corrected chi connectivity index (χ2v) is 9.65. The Morgan fingerprint density at radius 1 is 1.16 bits per heavy atom. The average molecular weight is 508 g/mol. The first-order chi connectivity index (χ1) is 17.9. The minimum atomic E-state index is -0.227. The molecule has 1 atom stereocenters. The summed E-state index contributed by atoms with van der Waals surface area (Å²) in [4.78, 5) is 43.6.